The molecule has 1 fully saturated rings. The van der Waals surface area contributed by atoms with Gasteiger partial charge in [-0.3, -0.25) is 19.4 Å². The summed E-state index contributed by atoms with van der Waals surface area (Å²) in [6, 6.07) is 9.75. The maximum atomic E-state index is 12.9. The van der Waals surface area contributed by atoms with Crippen molar-refractivity contribution in [2.75, 3.05) is 16.8 Å². The molecule has 2 atom stereocenters. The molecule has 0 aliphatic carbocycles. The number of H-pyrrole nitrogens is 1. The number of amides is 2. The lowest BCUT2D eigenvalue weighted by atomic mass is 9.92. The Kier molecular flexibility index (Phi) is 5.33. The zero-order chi connectivity index (χ0) is 20.4. The number of rotatable bonds is 4. The summed E-state index contributed by atoms with van der Waals surface area (Å²) in [4.78, 5) is 47.3. The summed E-state index contributed by atoms with van der Waals surface area (Å²) in [6.07, 6.45) is 3.13. The van der Waals surface area contributed by atoms with Crippen LogP contribution in [0, 0.1) is 0 Å². The van der Waals surface area contributed by atoms with Crippen molar-refractivity contribution in [1.82, 2.24) is 15.3 Å². The molecule has 3 heterocycles. The summed E-state index contributed by atoms with van der Waals surface area (Å²) in [5, 5.41) is 5.51. The minimum Gasteiger partial charge on any atom is -0.351 e. The van der Waals surface area contributed by atoms with Gasteiger partial charge in [0.2, 0.25) is 17.8 Å². The van der Waals surface area contributed by atoms with Crippen molar-refractivity contribution in [2.45, 2.75) is 51.1 Å². The number of nitrogens with one attached hydrogen (secondary N) is 3. The average Bonchev–Trinajstić information content (AvgIpc) is 2.72. The molecule has 2 aliphatic heterocycles. The zero-order valence-corrected chi connectivity index (χ0v) is 16.4. The van der Waals surface area contributed by atoms with E-state index in [1.54, 1.807) is 0 Å². The van der Waals surface area contributed by atoms with Crippen molar-refractivity contribution in [3.8, 4) is 0 Å². The molecule has 0 unspecified atom stereocenters. The Bertz CT molecular complexity index is 972. The van der Waals surface area contributed by atoms with Crippen LogP contribution in [0.4, 0.5) is 11.8 Å². The fourth-order valence-electron chi connectivity index (χ4n) is 4.04. The Morgan fingerprint density at radius 1 is 1.24 bits per heavy atom. The van der Waals surface area contributed by atoms with Crippen LogP contribution in [-0.2, 0) is 16.1 Å². The molecule has 1 saturated heterocycles. The van der Waals surface area contributed by atoms with Gasteiger partial charge in [-0.2, -0.15) is 4.98 Å². The van der Waals surface area contributed by atoms with Crippen LogP contribution in [0.15, 0.2) is 35.1 Å². The zero-order valence-electron chi connectivity index (χ0n) is 16.4. The van der Waals surface area contributed by atoms with E-state index in [4.69, 9.17) is 0 Å². The topological polar surface area (TPSA) is 107 Å². The van der Waals surface area contributed by atoms with E-state index in [0.717, 1.165) is 31.4 Å². The Balaban J connectivity index is 1.60. The van der Waals surface area contributed by atoms with E-state index in [0.29, 0.717) is 12.5 Å². The Morgan fingerprint density at radius 3 is 2.79 bits per heavy atom. The lowest BCUT2D eigenvalue weighted by Crippen LogP contribution is -2.42. The summed E-state index contributed by atoms with van der Waals surface area (Å²) in [5.74, 6) is -0.875. The highest BCUT2D eigenvalue weighted by molar-refractivity contribution is 6.00. The first-order chi connectivity index (χ1) is 14.0. The number of carbonyl (C=O) groups excluding carboxylic acids is 2. The second-order valence-corrected chi connectivity index (χ2v) is 7.70. The molecule has 2 aliphatic rings. The molecule has 8 nitrogen and oxygen atoms in total. The highest BCUT2D eigenvalue weighted by Crippen LogP contribution is 2.30. The van der Waals surface area contributed by atoms with Crippen LogP contribution in [0.2, 0.25) is 0 Å². The quantitative estimate of drug-likeness (QED) is 0.733. The van der Waals surface area contributed by atoms with Crippen LogP contribution in [0.3, 0.4) is 0 Å². The monoisotopic (exact) mass is 395 g/mol. The molecule has 29 heavy (non-hydrogen) atoms. The molecule has 2 amide bonds. The molecule has 1 aromatic carbocycles. The molecule has 0 bridgehead atoms. The van der Waals surface area contributed by atoms with E-state index in [-0.39, 0.29) is 41.2 Å². The highest BCUT2D eigenvalue weighted by atomic mass is 16.2. The van der Waals surface area contributed by atoms with Gasteiger partial charge in [-0.05, 0) is 31.7 Å². The van der Waals surface area contributed by atoms with Gasteiger partial charge < -0.3 is 15.5 Å². The van der Waals surface area contributed by atoms with Crippen LogP contribution in [0.25, 0.3) is 0 Å². The normalized spacial score (nSPS) is 21.3. The Labute approximate surface area is 168 Å². The molecule has 8 heteroatoms. The number of fused-ring (bicyclic) bond motifs is 1. The van der Waals surface area contributed by atoms with Crippen molar-refractivity contribution in [1.29, 1.82) is 0 Å². The number of nitrogens with zero attached hydrogens (tertiary/aromatic N) is 2. The Morgan fingerprint density at radius 2 is 2.03 bits per heavy atom. The van der Waals surface area contributed by atoms with Gasteiger partial charge in [0.15, 0.2) is 0 Å². The van der Waals surface area contributed by atoms with Crippen molar-refractivity contribution < 1.29 is 9.59 Å². The number of piperidine rings is 1. The van der Waals surface area contributed by atoms with Crippen LogP contribution in [0.5, 0.6) is 0 Å². The average molecular weight is 395 g/mol. The number of carbonyl (C=O) groups is 2. The number of hydrogen-bond acceptors (Lipinski definition) is 5. The van der Waals surface area contributed by atoms with Gasteiger partial charge in [0.05, 0.1) is 11.5 Å². The minimum absolute atomic E-state index is 0.0716. The standard InChI is InChI=1S/C21H25N5O3/c1-13-7-5-6-10-26(13)21-24-18-17(20(29)25-21)15(11-16(27)23-18)19(28)22-12-14-8-3-2-4-9-14/h2-4,8-9,13,15H,5-7,10-12H2,1H3,(H,22,28)(H2,23,24,25,27,29)/t13-,15+/m1/s1. The first kappa shape index (κ1) is 19.2. The van der Waals surface area contributed by atoms with Crippen LogP contribution >= 0.6 is 0 Å². The summed E-state index contributed by atoms with van der Waals surface area (Å²) < 4.78 is 0. The maximum absolute atomic E-state index is 12.9. The molecular formula is C21H25N5O3. The summed E-state index contributed by atoms with van der Waals surface area (Å²) in [5.41, 5.74) is 0.800. The lowest BCUT2D eigenvalue weighted by Gasteiger charge is -2.34. The number of anilines is 2. The third kappa shape index (κ3) is 4.01. The van der Waals surface area contributed by atoms with Gasteiger partial charge in [0, 0.05) is 25.6 Å². The van der Waals surface area contributed by atoms with Crippen LogP contribution in [-0.4, -0.2) is 34.4 Å². The molecule has 0 radical (unpaired) electrons. The SMILES string of the molecule is C[C@@H]1CCCCN1c1nc2c(c(=O)[nH]1)[C@@H](C(=O)NCc1ccccc1)CC(=O)N2. The molecule has 152 valence electrons. The van der Waals surface area contributed by atoms with E-state index in [2.05, 4.69) is 32.4 Å². The van der Waals surface area contributed by atoms with Crippen molar-refractivity contribution >= 4 is 23.6 Å². The van der Waals surface area contributed by atoms with E-state index in [1.165, 1.54) is 0 Å². The fourth-order valence-corrected chi connectivity index (χ4v) is 4.04. The predicted molar refractivity (Wildman–Crippen MR) is 110 cm³/mol. The molecule has 3 N–H and O–H groups in total. The third-order valence-corrected chi connectivity index (χ3v) is 5.64. The molecule has 1 aromatic heterocycles. The largest absolute Gasteiger partial charge is 0.351 e. The fraction of sp³-hybridized carbons (Fsp3) is 0.429. The van der Waals surface area contributed by atoms with Crippen molar-refractivity contribution in [2.24, 2.45) is 0 Å². The van der Waals surface area contributed by atoms with Crippen LogP contribution < -0.4 is 21.1 Å². The maximum Gasteiger partial charge on any atom is 0.258 e. The Hall–Kier alpha value is -3.16. The second-order valence-electron chi connectivity index (χ2n) is 7.70. The van der Waals surface area contributed by atoms with Crippen molar-refractivity contribution in [3.05, 3.63) is 51.8 Å². The predicted octanol–water partition coefficient (Wildman–Crippen LogP) is 1.89. The molecule has 0 saturated carbocycles. The first-order valence-electron chi connectivity index (χ1n) is 10.1. The van der Waals surface area contributed by atoms with E-state index < -0.39 is 5.92 Å². The van der Waals surface area contributed by atoms with Gasteiger partial charge in [-0.1, -0.05) is 30.3 Å². The van der Waals surface area contributed by atoms with E-state index >= 15 is 0 Å². The van der Waals surface area contributed by atoms with Gasteiger partial charge in [-0.15, -0.1) is 0 Å². The molecule has 2 aromatic rings. The van der Waals surface area contributed by atoms with Gasteiger partial charge in [0.25, 0.3) is 5.56 Å². The summed E-state index contributed by atoms with van der Waals surface area (Å²) in [7, 11) is 0. The van der Waals surface area contributed by atoms with Gasteiger partial charge in [0.1, 0.15) is 5.82 Å². The highest BCUT2D eigenvalue weighted by Gasteiger charge is 2.35. The molecule has 4 rings (SSSR count). The number of benzene rings is 1. The van der Waals surface area contributed by atoms with Crippen molar-refractivity contribution in [3.63, 3.8) is 0 Å². The number of aromatic nitrogens is 2. The lowest BCUT2D eigenvalue weighted by molar-refractivity contribution is -0.126. The molecule has 0 spiro atoms. The van der Waals surface area contributed by atoms with Gasteiger partial charge in [-0.25, -0.2) is 0 Å². The van der Waals surface area contributed by atoms with Gasteiger partial charge >= 0.3 is 0 Å². The first-order valence-corrected chi connectivity index (χ1v) is 10.1. The third-order valence-electron chi connectivity index (χ3n) is 5.64. The number of aromatic amines is 1. The summed E-state index contributed by atoms with van der Waals surface area (Å²) in [6.45, 7) is 3.23. The summed E-state index contributed by atoms with van der Waals surface area (Å²) >= 11 is 0. The minimum atomic E-state index is -0.855. The van der Waals surface area contributed by atoms with E-state index in [9.17, 15) is 14.4 Å². The molecular weight excluding hydrogens is 370 g/mol. The van der Waals surface area contributed by atoms with E-state index in [1.807, 2.05) is 30.3 Å². The van der Waals surface area contributed by atoms with Crippen LogP contribution in [0.1, 0.15) is 49.7 Å². The smallest absolute Gasteiger partial charge is 0.258 e. The second kappa shape index (κ2) is 8.06. The number of hydrogen-bond donors (Lipinski definition) is 3.